The summed E-state index contributed by atoms with van der Waals surface area (Å²) < 4.78 is 14.1. The predicted octanol–water partition coefficient (Wildman–Crippen LogP) is -0.820. The summed E-state index contributed by atoms with van der Waals surface area (Å²) in [7, 11) is 0. The van der Waals surface area contributed by atoms with Crippen molar-refractivity contribution >= 4 is 12.0 Å². The van der Waals surface area contributed by atoms with Crippen LogP contribution in [0.2, 0.25) is 0 Å². The lowest BCUT2D eigenvalue weighted by molar-refractivity contribution is 0.143. The van der Waals surface area contributed by atoms with Gasteiger partial charge in [-0.05, 0) is 12.0 Å². The number of anilines is 1. The molecular weight excluding hydrogens is 229 g/mol. The summed E-state index contributed by atoms with van der Waals surface area (Å²) in [6, 6.07) is 0. The maximum absolute atomic E-state index is 13.1. The Labute approximate surface area is 95.8 Å². The number of hydrogen-bond acceptors (Lipinski definition) is 5. The molecule has 0 atom stereocenters. The smallest absolute Gasteiger partial charge is 0.353 e. The Morgan fingerprint density at radius 2 is 2.24 bits per heavy atom. The summed E-state index contributed by atoms with van der Waals surface area (Å²) >= 11 is 0. The molecule has 6 nitrogen and oxygen atoms in total. The molecule has 1 aromatic heterocycles. The van der Waals surface area contributed by atoms with E-state index in [-0.39, 0.29) is 13.2 Å². The molecule has 1 aliphatic carbocycles. The summed E-state index contributed by atoms with van der Waals surface area (Å²) in [5.41, 5.74) is 4.43. The van der Waals surface area contributed by atoms with Gasteiger partial charge in [0.25, 0.3) is 0 Å². The number of aliphatic hydroxyl groups is 2. The number of aromatic nitrogens is 2. The molecule has 92 valence electrons. The summed E-state index contributed by atoms with van der Waals surface area (Å²) in [5, 5.41) is 18.2. The first kappa shape index (κ1) is 11.7. The largest absolute Gasteiger partial charge is 0.395 e. The second kappa shape index (κ2) is 3.94. The molecule has 4 N–H and O–H groups in total. The van der Waals surface area contributed by atoms with Crippen molar-refractivity contribution in [3.8, 4) is 0 Å². The van der Waals surface area contributed by atoms with Crippen molar-refractivity contribution < 1.29 is 14.6 Å². The van der Waals surface area contributed by atoms with E-state index in [4.69, 9.17) is 15.9 Å². The van der Waals surface area contributed by atoms with Crippen LogP contribution in [0.4, 0.5) is 10.2 Å². The van der Waals surface area contributed by atoms with E-state index in [9.17, 15) is 9.18 Å². The Hall–Kier alpha value is -1.73. The number of halogens is 1. The summed E-state index contributed by atoms with van der Waals surface area (Å²) in [5.74, 6) is -1.24. The van der Waals surface area contributed by atoms with Crippen molar-refractivity contribution in [1.29, 1.82) is 0 Å². The third-order valence-electron chi connectivity index (χ3n) is 2.92. The molecule has 1 aromatic rings. The van der Waals surface area contributed by atoms with Crippen LogP contribution in [0.15, 0.2) is 16.6 Å². The zero-order valence-corrected chi connectivity index (χ0v) is 8.93. The molecule has 17 heavy (non-hydrogen) atoms. The number of nitrogens with zero attached hydrogens (tertiary/aromatic N) is 2. The fourth-order valence-electron chi connectivity index (χ4n) is 1.59. The Balaban J connectivity index is 2.36. The first-order valence-electron chi connectivity index (χ1n) is 4.99. The van der Waals surface area contributed by atoms with Gasteiger partial charge in [0, 0.05) is 11.6 Å². The topological polar surface area (TPSA) is 101 Å². The van der Waals surface area contributed by atoms with Crippen LogP contribution in [0, 0.1) is 11.2 Å². The Morgan fingerprint density at radius 1 is 1.59 bits per heavy atom. The first-order valence-corrected chi connectivity index (χ1v) is 4.99. The van der Waals surface area contributed by atoms with E-state index in [1.165, 1.54) is 6.20 Å². The van der Waals surface area contributed by atoms with Gasteiger partial charge in [0.05, 0.1) is 19.4 Å². The monoisotopic (exact) mass is 241 g/mol. The van der Waals surface area contributed by atoms with Gasteiger partial charge in [-0.3, -0.25) is 4.57 Å². The Morgan fingerprint density at radius 3 is 2.76 bits per heavy atom. The lowest BCUT2D eigenvalue weighted by atomic mass is 10.1. The molecule has 7 heteroatoms. The molecule has 0 bridgehead atoms. The molecule has 0 radical (unpaired) electrons. The minimum absolute atomic E-state index is 0.213. The predicted molar refractivity (Wildman–Crippen MR) is 58.4 cm³/mol. The van der Waals surface area contributed by atoms with Crippen molar-refractivity contribution in [3.05, 3.63) is 28.1 Å². The van der Waals surface area contributed by atoms with Gasteiger partial charge in [0.2, 0.25) is 0 Å². The normalized spacial score (nSPS) is 19.6. The number of hydrogen-bond donors (Lipinski definition) is 3. The van der Waals surface area contributed by atoms with Crippen LogP contribution in [0.5, 0.6) is 0 Å². The van der Waals surface area contributed by atoms with Crippen molar-refractivity contribution in [1.82, 2.24) is 9.55 Å². The molecule has 0 aliphatic heterocycles. The standard InChI is InChI=1S/C10H12FN3O3/c11-7-3-14(9(17)13-8(7)12)2-6-1-10(6,4-15)5-16/h2-3,15-16H,1,4-5H2,(H2,12,13,17)/b6-2-. The van der Waals surface area contributed by atoms with Crippen molar-refractivity contribution in [2.24, 2.45) is 5.41 Å². The fraction of sp³-hybridized carbons (Fsp3) is 0.400. The van der Waals surface area contributed by atoms with E-state index in [0.29, 0.717) is 12.0 Å². The highest BCUT2D eigenvalue weighted by Gasteiger charge is 2.48. The third kappa shape index (κ3) is 1.94. The van der Waals surface area contributed by atoms with Gasteiger partial charge in [-0.2, -0.15) is 4.98 Å². The van der Waals surface area contributed by atoms with E-state index >= 15 is 0 Å². The molecule has 0 amide bonds. The lowest BCUT2D eigenvalue weighted by Crippen LogP contribution is -2.21. The molecule has 1 saturated carbocycles. The molecule has 0 aromatic carbocycles. The van der Waals surface area contributed by atoms with Crippen LogP contribution < -0.4 is 11.4 Å². The average molecular weight is 241 g/mol. The highest BCUT2D eigenvalue weighted by molar-refractivity contribution is 5.47. The molecule has 1 fully saturated rings. The molecular formula is C10H12FN3O3. The molecule has 1 heterocycles. The van der Waals surface area contributed by atoms with E-state index in [1.807, 2.05) is 0 Å². The van der Waals surface area contributed by atoms with Crippen LogP contribution in [0.1, 0.15) is 6.42 Å². The Kier molecular flexibility index (Phi) is 2.72. The molecule has 1 aliphatic rings. The highest BCUT2D eigenvalue weighted by atomic mass is 19.1. The quantitative estimate of drug-likeness (QED) is 0.641. The minimum Gasteiger partial charge on any atom is -0.395 e. The van der Waals surface area contributed by atoms with Gasteiger partial charge in [-0.1, -0.05) is 0 Å². The number of nitrogen functional groups attached to an aromatic ring is 1. The van der Waals surface area contributed by atoms with E-state index in [1.54, 1.807) is 0 Å². The second-order valence-corrected chi connectivity index (χ2v) is 4.09. The second-order valence-electron chi connectivity index (χ2n) is 4.09. The van der Waals surface area contributed by atoms with E-state index in [0.717, 1.165) is 10.8 Å². The van der Waals surface area contributed by atoms with Crippen molar-refractivity contribution in [2.45, 2.75) is 6.42 Å². The summed E-state index contributed by atoms with van der Waals surface area (Å²) in [6.45, 7) is -0.427. The van der Waals surface area contributed by atoms with Gasteiger partial charge < -0.3 is 15.9 Å². The maximum Gasteiger partial charge on any atom is 0.353 e. The summed E-state index contributed by atoms with van der Waals surface area (Å²) in [6.07, 6.45) is 2.76. The lowest BCUT2D eigenvalue weighted by Gasteiger charge is -2.05. The van der Waals surface area contributed by atoms with Crippen LogP contribution in [0.3, 0.4) is 0 Å². The zero-order chi connectivity index (χ0) is 12.6. The van der Waals surface area contributed by atoms with Gasteiger partial charge in [0.1, 0.15) is 0 Å². The molecule has 0 spiro atoms. The highest BCUT2D eigenvalue weighted by Crippen LogP contribution is 2.51. The Bertz CT molecular complexity index is 534. The fourth-order valence-corrected chi connectivity index (χ4v) is 1.59. The van der Waals surface area contributed by atoms with Crippen LogP contribution in [-0.2, 0) is 0 Å². The van der Waals surface area contributed by atoms with Gasteiger partial charge in [0.15, 0.2) is 11.6 Å². The SMILES string of the molecule is Nc1nc(=O)n(/C=C2/CC2(CO)CO)cc1F. The number of rotatable bonds is 3. The average Bonchev–Trinajstić information content (AvgIpc) is 3.00. The summed E-state index contributed by atoms with van der Waals surface area (Å²) in [4.78, 5) is 14.7. The number of nitrogens with two attached hydrogens (primary N) is 1. The van der Waals surface area contributed by atoms with Crippen LogP contribution in [0.25, 0.3) is 6.20 Å². The maximum atomic E-state index is 13.1. The van der Waals surface area contributed by atoms with Gasteiger partial charge >= 0.3 is 5.69 Å². The molecule has 0 unspecified atom stereocenters. The molecule has 2 rings (SSSR count). The third-order valence-corrected chi connectivity index (χ3v) is 2.92. The van der Waals surface area contributed by atoms with Crippen molar-refractivity contribution in [2.75, 3.05) is 18.9 Å². The van der Waals surface area contributed by atoms with Crippen LogP contribution >= 0.6 is 0 Å². The number of aliphatic hydroxyl groups excluding tert-OH is 2. The zero-order valence-electron chi connectivity index (χ0n) is 8.93. The van der Waals surface area contributed by atoms with Crippen LogP contribution in [-0.4, -0.2) is 33.0 Å². The van der Waals surface area contributed by atoms with Gasteiger partial charge in [-0.25, -0.2) is 9.18 Å². The molecule has 0 saturated heterocycles. The van der Waals surface area contributed by atoms with Gasteiger partial charge in [-0.15, -0.1) is 0 Å². The van der Waals surface area contributed by atoms with Crippen molar-refractivity contribution in [3.63, 3.8) is 0 Å². The van der Waals surface area contributed by atoms with E-state index < -0.39 is 22.7 Å². The first-order chi connectivity index (χ1) is 8.02. The minimum atomic E-state index is -0.791. The van der Waals surface area contributed by atoms with E-state index in [2.05, 4.69) is 4.98 Å².